The van der Waals surface area contributed by atoms with Crippen LogP contribution in [0.15, 0.2) is 5.16 Å². The lowest BCUT2D eigenvalue weighted by atomic mass is 10.1. The minimum Gasteiger partial charge on any atom is -0.476 e. The van der Waals surface area contributed by atoms with Gasteiger partial charge < -0.3 is 20.6 Å². The van der Waals surface area contributed by atoms with Crippen LogP contribution in [0.1, 0.15) is 36.1 Å². The molecule has 7 heteroatoms. The molecule has 7 nitrogen and oxygen atoms in total. The molecule has 0 aromatic carbocycles. The van der Waals surface area contributed by atoms with Crippen molar-refractivity contribution in [2.75, 3.05) is 20.2 Å². The average Bonchev–Trinajstić information content (AvgIpc) is 2.88. The molecule has 0 spiro atoms. The summed E-state index contributed by atoms with van der Waals surface area (Å²) in [5.74, 6) is 0.326. The summed E-state index contributed by atoms with van der Waals surface area (Å²) in [5.41, 5.74) is 7.79. The van der Waals surface area contributed by atoms with Crippen molar-refractivity contribution in [3.63, 3.8) is 0 Å². The zero-order valence-corrected chi connectivity index (χ0v) is 12.8. The molecule has 0 amide bonds. The number of oxime groups is 1. The van der Waals surface area contributed by atoms with Gasteiger partial charge in [0.2, 0.25) is 5.88 Å². The monoisotopic (exact) mass is 293 g/mol. The Morgan fingerprint density at radius 3 is 2.86 bits per heavy atom. The first-order chi connectivity index (χ1) is 10.0. The largest absolute Gasteiger partial charge is 0.476 e. The van der Waals surface area contributed by atoms with Crippen LogP contribution in [0, 0.1) is 13.8 Å². The second-order valence-corrected chi connectivity index (χ2v) is 5.49. The van der Waals surface area contributed by atoms with Crippen molar-refractivity contribution in [1.82, 2.24) is 15.1 Å². The van der Waals surface area contributed by atoms with Crippen LogP contribution in [0.2, 0.25) is 0 Å². The molecule has 0 saturated carbocycles. The fraction of sp³-hybridized carbons (Fsp3) is 0.643. The molecule has 2 heterocycles. The summed E-state index contributed by atoms with van der Waals surface area (Å²) in [6.45, 7) is 5.37. The third kappa shape index (κ3) is 3.41. The van der Waals surface area contributed by atoms with Crippen molar-refractivity contribution in [2.45, 2.75) is 39.2 Å². The van der Waals surface area contributed by atoms with Crippen LogP contribution < -0.4 is 10.5 Å². The summed E-state index contributed by atoms with van der Waals surface area (Å²) in [6, 6.07) is 0.553. The van der Waals surface area contributed by atoms with Crippen molar-refractivity contribution in [3.05, 3.63) is 16.8 Å². The fourth-order valence-electron chi connectivity index (χ4n) is 2.68. The van der Waals surface area contributed by atoms with Gasteiger partial charge in [0.1, 0.15) is 0 Å². The van der Waals surface area contributed by atoms with E-state index in [0.717, 1.165) is 24.2 Å². The van der Waals surface area contributed by atoms with Crippen LogP contribution in [0.5, 0.6) is 5.88 Å². The maximum atomic E-state index is 8.91. The molecule has 116 valence electrons. The van der Waals surface area contributed by atoms with Gasteiger partial charge in [-0.15, -0.1) is 5.10 Å². The number of hydrogen-bond donors (Lipinski definition) is 2. The number of hydrogen-bond acceptors (Lipinski definition) is 6. The molecular formula is C14H23N5O2. The van der Waals surface area contributed by atoms with Crippen molar-refractivity contribution >= 4 is 5.84 Å². The molecular weight excluding hydrogens is 270 g/mol. The molecule has 1 atom stereocenters. The highest BCUT2D eigenvalue weighted by molar-refractivity contribution is 6.00. The molecule has 0 aliphatic carbocycles. The molecule has 21 heavy (non-hydrogen) atoms. The van der Waals surface area contributed by atoms with Gasteiger partial charge in [-0.25, -0.2) is 0 Å². The lowest BCUT2D eigenvalue weighted by molar-refractivity contribution is 0.226. The van der Waals surface area contributed by atoms with Gasteiger partial charge in [0.25, 0.3) is 0 Å². The van der Waals surface area contributed by atoms with E-state index in [4.69, 9.17) is 15.7 Å². The Kier molecular flexibility index (Phi) is 4.95. The fourth-order valence-corrected chi connectivity index (χ4v) is 2.68. The van der Waals surface area contributed by atoms with Gasteiger partial charge in [-0.2, -0.15) is 5.10 Å². The van der Waals surface area contributed by atoms with Crippen molar-refractivity contribution in [1.29, 1.82) is 0 Å². The molecule has 1 aliphatic heterocycles. The third-order valence-electron chi connectivity index (χ3n) is 4.15. The predicted molar refractivity (Wildman–Crippen MR) is 79.8 cm³/mol. The number of aromatic nitrogens is 2. The molecule has 1 saturated heterocycles. The lowest BCUT2D eigenvalue weighted by Gasteiger charge is -2.19. The highest BCUT2D eigenvalue weighted by atomic mass is 16.5. The van der Waals surface area contributed by atoms with Crippen LogP contribution in [0.25, 0.3) is 0 Å². The Bertz CT molecular complexity index is 532. The molecule has 1 unspecified atom stereocenters. The Balaban J connectivity index is 2.07. The van der Waals surface area contributed by atoms with Crippen molar-refractivity contribution in [2.24, 2.45) is 10.9 Å². The van der Waals surface area contributed by atoms with Crippen molar-refractivity contribution < 1.29 is 9.94 Å². The molecule has 2 rings (SSSR count). The first-order valence-electron chi connectivity index (χ1n) is 7.19. The summed E-state index contributed by atoms with van der Waals surface area (Å²) in [5, 5.41) is 20.0. The summed E-state index contributed by atoms with van der Waals surface area (Å²) in [6.07, 6.45) is 3.37. The number of aryl methyl sites for hydroxylation is 1. The van der Waals surface area contributed by atoms with Gasteiger partial charge in [0, 0.05) is 6.04 Å². The maximum Gasteiger partial charge on any atom is 0.244 e. The summed E-state index contributed by atoms with van der Waals surface area (Å²) < 4.78 is 5.73. The zero-order valence-electron chi connectivity index (χ0n) is 12.8. The predicted octanol–water partition coefficient (Wildman–Crippen LogP) is 1.05. The Hall–Kier alpha value is -1.89. The molecule has 0 bridgehead atoms. The summed E-state index contributed by atoms with van der Waals surface area (Å²) in [4.78, 5) is 2.35. The van der Waals surface area contributed by atoms with Gasteiger partial charge in [-0.3, -0.25) is 0 Å². The number of nitrogens with zero attached hydrogens (tertiary/aromatic N) is 4. The number of amidine groups is 1. The molecule has 0 radical (unpaired) electrons. The van der Waals surface area contributed by atoms with E-state index in [9.17, 15) is 0 Å². The topological polar surface area (TPSA) is 96.9 Å². The Morgan fingerprint density at radius 2 is 2.24 bits per heavy atom. The standard InChI is InChI=1S/C14H23N5O2/c1-9-10(2)16-17-14(12(9)13(15)18-20)21-8-6-11-5-4-7-19(11)3/h11,20H,4-8H2,1-3H3,(H2,15,18). The Morgan fingerprint density at radius 1 is 1.48 bits per heavy atom. The number of likely N-dealkylation sites (tertiary alicyclic amines) is 1. The van der Waals surface area contributed by atoms with Gasteiger partial charge in [0.05, 0.1) is 17.9 Å². The van der Waals surface area contributed by atoms with Crippen LogP contribution in [-0.2, 0) is 0 Å². The maximum absolute atomic E-state index is 8.91. The van der Waals surface area contributed by atoms with Crippen LogP contribution in [0.4, 0.5) is 0 Å². The van der Waals surface area contributed by atoms with E-state index in [1.807, 2.05) is 13.8 Å². The number of rotatable bonds is 5. The van der Waals surface area contributed by atoms with Gasteiger partial charge in [-0.1, -0.05) is 5.16 Å². The SMILES string of the molecule is Cc1nnc(OCCC2CCCN2C)c(/C(N)=N/O)c1C. The van der Waals surface area contributed by atoms with E-state index in [0.29, 0.717) is 24.1 Å². The van der Waals surface area contributed by atoms with Crippen LogP contribution in [0.3, 0.4) is 0 Å². The lowest BCUT2D eigenvalue weighted by Crippen LogP contribution is -2.27. The molecule has 1 aromatic heterocycles. The highest BCUT2D eigenvalue weighted by Crippen LogP contribution is 2.22. The van der Waals surface area contributed by atoms with E-state index < -0.39 is 0 Å². The van der Waals surface area contributed by atoms with E-state index in [-0.39, 0.29) is 5.84 Å². The molecule has 1 aliphatic rings. The normalized spacial score (nSPS) is 20.0. The van der Waals surface area contributed by atoms with Gasteiger partial charge >= 0.3 is 0 Å². The first kappa shape index (κ1) is 15.5. The van der Waals surface area contributed by atoms with E-state index in [1.165, 1.54) is 12.8 Å². The first-order valence-corrected chi connectivity index (χ1v) is 7.19. The second-order valence-electron chi connectivity index (χ2n) is 5.49. The summed E-state index contributed by atoms with van der Waals surface area (Å²) in [7, 11) is 2.13. The van der Waals surface area contributed by atoms with Gasteiger partial charge in [0.15, 0.2) is 5.84 Å². The quantitative estimate of drug-likeness (QED) is 0.364. The highest BCUT2D eigenvalue weighted by Gasteiger charge is 2.21. The molecule has 1 fully saturated rings. The average molecular weight is 293 g/mol. The smallest absolute Gasteiger partial charge is 0.244 e. The van der Waals surface area contributed by atoms with E-state index >= 15 is 0 Å². The Labute approximate surface area is 124 Å². The van der Waals surface area contributed by atoms with Crippen LogP contribution >= 0.6 is 0 Å². The second kappa shape index (κ2) is 6.71. The van der Waals surface area contributed by atoms with Crippen molar-refractivity contribution in [3.8, 4) is 5.88 Å². The molecule has 3 N–H and O–H groups in total. The number of ether oxygens (including phenoxy) is 1. The van der Waals surface area contributed by atoms with E-state index in [1.54, 1.807) is 0 Å². The molecule has 1 aromatic rings. The minimum atomic E-state index is -0.00140. The van der Waals surface area contributed by atoms with E-state index in [2.05, 4.69) is 27.3 Å². The zero-order chi connectivity index (χ0) is 15.4. The number of nitrogens with two attached hydrogens (primary N) is 1. The summed E-state index contributed by atoms with van der Waals surface area (Å²) >= 11 is 0. The van der Waals surface area contributed by atoms with Crippen LogP contribution in [-0.4, -0.2) is 52.4 Å². The minimum absolute atomic E-state index is 0.00140. The third-order valence-corrected chi connectivity index (χ3v) is 4.15. The van der Waals surface area contributed by atoms with Gasteiger partial charge in [-0.05, 0) is 52.3 Å².